The molecule has 2 aliphatic rings. The molecule has 0 aromatic carbocycles. The van der Waals surface area contributed by atoms with Gasteiger partial charge in [0.1, 0.15) is 0 Å². The molecule has 0 radical (unpaired) electrons. The standard InChI is InChI=1S/C34H36N4O5/c1-6-20-17(3)25-12-26-19(5)22(8-10-33(40)41)30(37-26)15-31-23(9-11-34(42)43)24(16-39)32(38-31)14-29-21(7-2)18(4)27(36-29)13-28(20)35-25/h6-7,12-15,35-36,38-39H,1,8-11,16H2,2-5H3,(H,40,41)(H,42,43)/b21-7+,25-12?,28-13-,29-14-,30-15-. The zero-order chi connectivity index (χ0) is 31.0. The third kappa shape index (κ3) is 5.51. The minimum atomic E-state index is -0.941. The highest BCUT2D eigenvalue weighted by atomic mass is 16.4. The summed E-state index contributed by atoms with van der Waals surface area (Å²) in [4.78, 5) is 38.5. The molecule has 5 rings (SSSR count). The van der Waals surface area contributed by atoms with Gasteiger partial charge < -0.3 is 30.3 Å². The zero-order valence-electron chi connectivity index (χ0n) is 24.8. The number of aliphatic carboxylic acids is 2. The Bertz CT molecular complexity index is 2030. The molecule has 5 heterocycles. The van der Waals surface area contributed by atoms with Gasteiger partial charge in [0.25, 0.3) is 0 Å². The van der Waals surface area contributed by atoms with Gasteiger partial charge in [-0.15, -0.1) is 0 Å². The maximum Gasteiger partial charge on any atom is 0.303 e. The van der Waals surface area contributed by atoms with Gasteiger partial charge in [-0.2, -0.15) is 0 Å². The molecule has 0 spiro atoms. The Morgan fingerprint density at radius 2 is 1.51 bits per heavy atom. The van der Waals surface area contributed by atoms with E-state index in [4.69, 9.17) is 4.99 Å². The third-order valence-electron chi connectivity index (χ3n) is 8.37. The number of fused-ring (bicyclic) bond motifs is 7. The van der Waals surface area contributed by atoms with E-state index in [0.717, 1.165) is 54.8 Å². The zero-order valence-corrected chi connectivity index (χ0v) is 24.8. The van der Waals surface area contributed by atoms with Gasteiger partial charge in [0.2, 0.25) is 0 Å². The van der Waals surface area contributed by atoms with E-state index in [0.29, 0.717) is 33.9 Å². The van der Waals surface area contributed by atoms with Crippen molar-refractivity contribution in [1.82, 2.24) is 15.0 Å². The number of aromatic amines is 3. The first-order valence-electron chi connectivity index (χ1n) is 14.3. The maximum atomic E-state index is 11.6. The molecule has 0 amide bonds. The number of nitrogens with zero attached hydrogens (tertiary/aromatic N) is 1. The van der Waals surface area contributed by atoms with Gasteiger partial charge in [-0.05, 0) is 97.9 Å². The Balaban J connectivity index is 1.91. The van der Waals surface area contributed by atoms with Crippen molar-refractivity contribution in [2.45, 2.75) is 60.0 Å². The molecule has 3 aromatic heterocycles. The van der Waals surface area contributed by atoms with Crippen molar-refractivity contribution >= 4 is 54.1 Å². The highest BCUT2D eigenvalue weighted by Crippen LogP contribution is 2.33. The summed E-state index contributed by atoms with van der Waals surface area (Å²) >= 11 is 0. The molecule has 3 aromatic rings. The van der Waals surface area contributed by atoms with Gasteiger partial charge in [0, 0.05) is 57.1 Å². The van der Waals surface area contributed by atoms with Crippen LogP contribution < -0.4 is 21.3 Å². The number of carboxylic acid groups (broad SMARTS) is 2. The predicted molar refractivity (Wildman–Crippen MR) is 169 cm³/mol. The molecule has 0 saturated heterocycles. The average molecular weight is 581 g/mol. The molecule has 43 heavy (non-hydrogen) atoms. The van der Waals surface area contributed by atoms with E-state index in [1.807, 2.05) is 51.2 Å². The average Bonchev–Trinajstić information content (AvgIpc) is 3.63. The summed E-state index contributed by atoms with van der Waals surface area (Å²) < 4.78 is 0. The highest BCUT2D eigenvalue weighted by molar-refractivity contribution is 6.23. The normalized spacial score (nSPS) is 17.4. The van der Waals surface area contributed by atoms with Crippen LogP contribution in [0.1, 0.15) is 78.0 Å². The Kier molecular flexibility index (Phi) is 8.10. The van der Waals surface area contributed by atoms with Crippen LogP contribution in [0.2, 0.25) is 0 Å². The molecule has 9 nitrogen and oxygen atoms in total. The quantitative estimate of drug-likeness (QED) is 0.242. The van der Waals surface area contributed by atoms with Gasteiger partial charge in [-0.3, -0.25) is 9.59 Å². The molecule has 0 aliphatic carbocycles. The van der Waals surface area contributed by atoms with E-state index in [2.05, 4.69) is 34.5 Å². The van der Waals surface area contributed by atoms with E-state index < -0.39 is 11.9 Å². The number of nitrogens with one attached hydrogen (secondary N) is 3. The second-order valence-electron chi connectivity index (χ2n) is 10.9. The van der Waals surface area contributed by atoms with E-state index in [9.17, 15) is 24.9 Å². The second-order valence-corrected chi connectivity index (χ2v) is 10.9. The van der Waals surface area contributed by atoms with E-state index in [-0.39, 0.29) is 32.3 Å². The van der Waals surface area contributed by atoms with Gasteiger partial charge in [-0.1, -0.05) is 18.7 Å². The van der Waals surface area contributed by atoms with Crippen LogP contribution in [-0.4, -0.2) is 47.9 Å². The van der Waals surface area contributed by atoms with Crippen molar-refractivity contribution in [2.75, 3.05) is 0 Å². The lowest BCUT2D eigenvalue weighted by Crippen LogP contribution is -2.24. The number of rotatable bonds is 8. The molecule has 2 aliphatic heterocycles. The number of hydrogen-bond donors (Lipinski definition) is 6. The maximum absolute atomic E-state index is 11.6. The van der Waals surface area contributed by atoms with E-state index >= 15 is 0 Å². The first-order valence-corrected chi connectivity index (χ1v) is 14.3. The minimum Gasteiger partial charge on any atom is -0.481 e. The smallest absolute Gasteiger partial charge is 0.303 e. The predicted octanol–water partition coefficient (Wildman–Crippen LogP) is 2.67. The van der Waals surface area contributed by atoms with E-state index in [1.54, 1.807) is 0 Å². The van der Waals surface area contributed by atoms with Crippen molar-refractivity contribution in [2.24, 2.45) is 4.99 Å². The van der Waals surface area contributed by atoms with Crippen molar-refractivity contribution in [3.05, 3.63) is 89.6 Å². The van der Waals surface area contributed by atoms with E-state index in [1.165, 1.54) is 0 Å². The lowest BCUT2D eigenvalue weighted by Gasteiger charge is -2.06. The monoisotopic (exact) mass is 580 g/mol. The van der Waals surface area contributed by atoms with Crippen molar-refractivity contribution in [3.63, 3.8) is 0 Å². The fraction of sp³-hybridized carbons (Fsp3) is 0.265. The Hall–Kier alpha value is -4.89. The van der Waals surface area contributed by atoms with Gasteiger partial charge in [0.05, 0.1) is 18.0 Å². The number of aliphatic imine (C=N–C) groups is 1. The number of carboxylic acids is 2. The topological polar surface area (TPSA) is 155 Å². The summed E-state index contributed by atoms with van der Waals surface area (Å²) in [6, 6.07) is 0. The first kappa shape index (κ1) is 29.6. The van der Waals surface area contributed by atoms with Gasteiger partial charge in [-0.25, -0.2) is 4.99 Å². The Labute approximate surface area is 248 Å². The third-order valence-corrected chi connectivity index (χ3v) is 8.37. The van der Waals surface area contributed by atoms with Crippen LogP contribution >= 0.6 is 0 Å². The molecule has 8 bridgehead atoms. The summed E-state index contributed by atoms with van der Waals surface area (Å²) in [5.41, 5.74) is 9.53. The van der Waals surface area contributed by atoms with Crippen LogP contribution in [0.15, 0.2) is 28.4 Å². The molecule has 0 unspecified atom stereocenters. The van der Waals surface area contributed by atoms with Gasteiger partial charge in [0.15, 0.2) is 0 Å². The second kappa shape index (κ2) is 11.8. The summed E-state index contributed by atoms with van der Waals surface area (Å²) in [6.45, 7) is 11.7. The largest absolute Gasteiger partial charge is 0.481 e. The molecule has 222 valence electrons. The van der Waals surface area contributed by atoms with Crippen LogP contribution in [0.4, 0.5) is 0 Å². The minimum absolute atomic E-state index is 0.0594. The molecular formula is C34H36N4O5. The molecule has 9 heteroatoms. The van der Waals surface area contributed by atoms with Gasteiger partial charge >= 0.3 is 11.9 Å². The number of aromatic nitrogens is 3. The molecule has 0 atom stereocenters. The summed E-state index contributed by atoms with van der Waals surface area (Å²) in [5.74, 6) is -1.85. The number of hydrogen-bond acceptors (Lipinski definition) is 4. The lowest BCUT2D eigenvalue weighted by molar-refractivity contribution is -0.138. The Morgan fingerprint density at radius 3 is 2.16 bits per heavy atom. The van der Waals surface area contributed by atoms with Crippen LogP contribution in [-0.2, 0) is 22.6 Å². The molecule has 0 saturated carbocycles. The van der Waals surface area contributed by atoms with Crippen molar-refractivity contribution in [1.29, 1.82) is 0 Å². The SMILES string of the molecule is C=Cc1c(C)c2[nH]/c1=C\c1[nH]c(/c(=C/C)c1C)=C\c1[nH]c(c(CCC(=O)O)c1CO)/C=C1\N=C(C=2)C(C)=C1CCC(=O)O. The van der Waals surface area contributed by atoms with Crippen LogP contribution in [0, 0.1) is 13.8 Å². The summed E-state index contributed by atoms with van der Waals surface area (Å²) in [5, 5.41) is 33.0. The molecule has 0 fully saturated rings. The molecular weight excluding hydrogens is 544 g/mol. The van der Waals surface area contributed by atoms with Crippen molar-refractivity contribution in [3.8, 4) is 0 Å². The summed E-state index contributed by atoms with van der Waals surface area (Å²) in [6.07, 6.45) is 12.0. The highest BCUT2D eigenvalue weighted by Gasteiger charge is 2.23. The summed E-state index contributed by atoms with van der Waals surface area (Å²) in [7, 11) is 0. The van der Waals surface area contributed by atoms with Crippen LogP contribution in [0.25, 0.3) is 36.5 Å². The number of H-pyrrole nitrogens is 3. The fourth-order valence-electron chi connectivity index (χ4n) is 6.02. The number of aliphatic hydroxyl groups excluding tert-OH is 1. The molecule has 6 N–H and O–H groups in total. The lowest BCUT2D eigenvalue weighted by atomic mass is 9.98. The first-order chi connectivity index (χ1) is 20.6. The van der Waals surface area contributed by atoms with Crippen LogP contribution in [0.3, 0.4) is 0 Å². The fourth-order valence-corrected chi connectivity index (χ4v) is 6.02. The number of aliphatic hydroxyl groups is 1. The number of carbonyl (C=O) groups is 2. The number of allylic oxidation sites excluding steroid dienone is 2. The van der Waals surface area contributed by atoms with Crippen LogP contribution in [0.5, 0.6) is 0 Å². The van der Waals surface area contributed by atoms with Crippen molar-refractivity contribution < 1.29 is 24.9 Å². The Morgan fingerprint density at radius 1 is 0.837 bits per heavy atom.